The van der Waals surface area contributed by atoms with Crippen LogP contribution in [0, 0.1) is 6.92 Å². The standard InChI is InChI=1S/C15H15NO/c1-10-6-7-16-9-14(10)15(17)13-8-11-4-2-3-5-12(11)13/h2-7,9,13,15,17H,8H2,1H3. The normalized spacial score (nSPS) is 19.3. The van der Waals surface area contributed by atoms with E-state index < -0.39 is 6.10 Å². The van der Waals surface area contributed by atoms with Gasteiger partial charge in [-0.25, -0.2) is 0 Å². The van der Waals surface area contributed by atoms with Gasteiger partial charge in [0, 0.05) is 23.9 Å². The van der Waals surface area contributed by atoms with E-state index in [9.17, 15) is 5.11 Å². The minimum absolute atomic E-state index is 0.231. The number of aryl methyl sites for hydroxylation is 1. The van der Waals surface area contributed by atoms with Crippen molar-refractivity contribution in [2.75, 3.05) is 0 Å². The Morgan fingerprint density at radius 2 is 2.12 bits per heavy atom. The maximum absolute atomic E-state index is 10.4. The molecule has 0 aliphatic heterocycles. The van der Waals surface area contributed by atoms with Crippen LogP contribution in [0.5, 0.6) is 0 Å². The average Bonchev–Trinajstić information content (AvgIpc) is 2.31. The molecule has 2 aromatic rings. The minimum Gasteiger partial charge on any atom is -0.388 e. The highest BCUT2D eigenvalue weighted by atomic mass is 16.3. The van der Waals surface area contributed by atoms with E-state index in [2.05, 4.69) is 23.2 Å². The molecule has 2 heteroatoms. The van der Waals surface area contributed by atoms with E-state index in [1.165, 1.54) is 11.1 Å². The first-order valence-corrected chi connectivity index (χ1v) is 5.94. The molecular weight excluding hydrogens is 210 g/mol. The van der Waals surface area contributed by atoms with Crippen LogP contribution in [0.4, 0.5) is 0 Å². The quantitative estimate of drug-likeness (QED) is 0.852. The number of aliphatic hydroxyl groups excluding tert-OH is 1. The second-order valence-electron chi connectivity index (χ2n) is 4.69. The smallest absolute Gasteiger partial charge is 0.0879 e. The lowest BCUT2D eigenvalue weighted by Crippen LogP contribution is -2.24. The summed E-state index contributed by atoms with van der Waals surface area (Å²) in [6.45, 7) is 2.02. The lowest BCUT2D eigenvalue weighted by atomic mass is 9.72. The van der Waals surface area contributed by atoms with Crippen molar-refractivity contribution in [3.05, 3.63) is 65.0 Å². The Morgan fingerprint density at radius 3 is 2.88 bits per heavy atom. The van der Waals surface area contributed by atoms with Crippen molar-refractivity contribution >= 4 is 0 Å². The van der Waals surface area contributed by atoms with Crippen LogP contribution in [0.3, 0.4) is 0 Å². The highest BCUT2D eigenvalue weighted by Crippen LogP contribution is 2.43. The van der Waals surface area contributed by atoms with E-state index in [0.717, 1.165) is 17.5 Å². The van der Waals surface area contributed by atoms with Crippen LogP contribution in [0.1, 0.15) is 34.3 Å². The first-order chi connectivity index (χ1) is 8.27. The Kier molecular flexibility index (Phi) is 2.45. The van der Waals surface area contributed by atoms with E-state index >= 15 is 0 Å². The van der Waals surface area contributed by atoms with Crippen LogP contribution in [0.2, 0.25) is 0 Å². The predicted molar refractivity (Wildman–Crippen MR) is 66.8 cm³/mol. The lowest BCUT2D eigenvalue weighted by molar-refractivity contribution is 0.133. The number of rotatable bonds is 2. The largest absolute Gasteiger partial charge is 0.388 e. The van der Waals surface area contributed by atoms with Crippen molar-refractivity contribution in [1.29, 1.82) is 0 Å². The molecule has 2 nitrogen and oxygen atoms in total. The summed E-state index contributed by atoms with van der Waals surface area (Å²) in [4.78, 5) is 4.10. The molecule has 0 saturated heterocycles. The molecule has 2 atom stereocenters. The van der Waals surface area contributed by atoms with E-state index in [0.29, 0.717) is 0 Å². The predicted octanol–water partition coefficient (Wildman–Crippen LogP) is 2.76. The molecule has 0 amide bonds. The first-order valence-electron chi connectivity index (χ1n) is 5.94. The number of hydrogen-bond donors (Lipinski definition) is 1. The molecule has 0 saturated carbocycles. The molecular formula is C15H15NO. The number of pyridine rings is 1. The third kappa shape index (κ3) is 1.65. The van der Waals surface area contributed by atoms with Gasteiger partial charge in [-0.15, -0.1) is 0 Å². The number of nitrogens with zero attached hydrogens (tertiary/aromatic N) is 1. The van der Waals surface area contributed by atoms with Crippen molar-refractivity contribution in [1.82, 2.24) is 4.98 Å². The van der Waals surface area contributed by atoms with Gasteiger partial charge in [0.15, 0.2) is 0 Å². The van der Waals surface area contributed by atoms with Gasteiger partial charge in [0.1, 0.15) is 0 Å². The second kappa shape index (κ2) is 3.97. The molecule has 0 bridgehead atoms. The third-order valence-corrected chi connectivity index (χ3v) is 3.67. The van der Waals surface area contributed by atoms with Crippen LogP contribution in [0.25, 0.3) is 0 Å². The zero-order valence-electron chi connectivity index (χ0n) is 9.80. The Morgan fingerprint density at radius 1 is 1.29 bits per heavy atom. The fraction of sp³-hybridized carbons (Fsp3) is 0.267. The number of hydrogen-bond acceptors (Lipinski definition) is 2. The third-order valence-electron chi connectivity index (χ3n) is 3.67. The first kappa shape index (κ1) is 10.5. The topological polar surface area (TPSA) is 33.1 Å². The van der Waals surface area contributed by atoms with Gasteiger partial charge < -0.3 is 5.11 Å². The molecule has 2 unspecified atom stereocenters. The molecule has 17 heavy (non-hydrogen) atoms. The van der Waals surface area contributed by atoms with Gasteiger partial charge in [-0.3, -0.25) is 4.98 Å². The Labute approximate surface area is 101 Å². The van der Waals surface area contributed by atoms with Crippen molar-refractivity contribution in [2.24, 2.45) is 0 Å². The summed E-state index contributed by atoms with van der Waals surface area (Å²) in [5.74, 6) is 0.231. The van der Waals surface area contributed by atoms with Crippen LogP contribution in [-0.2, 0) is 6.42 Å². The van der Waals surface area contributed by atoms with Crippen LogP contribution < -0.4 is 0 Å². The molecule has 3 rings (SSSR count). The van der Waals surface area contributed by atoms with Gasteiger partial charge in [-0.05, 0) is 36.1 Å². The molecule has 0 spiro atoms. The maximum Gasteiger partial charge on any atom is 0.0879 e. The monoisotopic (exact) mass is 225 g/mol. The zero-order chi connectivity index (χ0) is 11.8. The van der Waals surface area contributed by atoms with Crippen LogP contribution >= 0.6 is 0 Å². The molecule has 86 valence electrons. The average molecular weight is 225 g/mol. The summed E-state index contributed by atoms with van der Waals surface area (Å²) in [6.07, 6.45) is 4.07. The zero-order valence-corrected chi connectivity index (χ0v) is 9.80. The van der Waals surface area contributed by atoms with Crippen molar-refractivity contribution in [3.8, 4) is 0 Å². The number of aliphatic hydroxyl groups is 1. The molecule has 0 fully saturated rings. The number of benzene rings is 1. The van der Waals surface area contributed by atoms with E-state index in [1.54, 1.807) is 12.4 Å². The van der Waals surface area contributed by atoms with Gasteiger partial charge in [0.05, 0.1) is 6.10 Å². The van der Waals surface area contributed by atoms with Crippen LogP contribution in [-0.4, -0.2) is 10.1 Å². The fourth-order valence-electron chi connectivity index (χ4n) is 2.58. The fourth-order valence-corrected chi connectivity index (χ4v) is 2.58. The summed E-state index contributed by atoms with van der Waals surface area (Å²) in [6, 6.07) is 10.3. The van der Waals surface area contributed by atoms with Crippen molar-refractivity contribution in [2.45, 2.75) is 25.4 Å². The minimum atomic E-state index is -0.432. The van der Waals surface area contributed by atoms with Crippen molar-refractivity contribution in [3.63, 3.8) is 0 Å². The number of aromatic nitrogens is 1. The summed E-state index contributed by atoms with van der Waals surface area (Å²) < 4.78 is 0. The summed E-state index contributed by atoms with van der Waals surface area (Å²) in [5, 5.41) is 10.4. The highest BCUT2D eigenvalue weighted by Gasteiger charge is 2.33. The van der Waals surface area contributed by atoms with Gasteiger partial charge in [0.25, 0.3) is 0 Å². The summed E-state index contributed by atoms with van der Waals surface area (Å²) >= 11 is 0. The highest BCUT2D eigenvalue weighted by molar-refractivity contribution is 5.43. The van der Waals surface area contributed by atoms with E-state index in [4.69, 9.17) is 0 Å². The van der Waals surface area contributed by atoms with Gasteiger partial charge in [-0.1, -0.05) is 24.3 Å². The molecule has 0 radical (unpaired) electrons. The summed E-state index contributed by atoms with van der Waals surface area (Å²) in [7, 11) is 0. The second-order valence-corrected chi connectivity index (χ2v) is 4.69. The molecule has 1 aromatic heterocycles. The van der Waals surface area contributed by atoms with E-state index in [-0.39, 0.29) is 5.92 Å². The van der Waals surface area contributed by atoms with E-state index in [1.807, 2.05) is 19.1 Å². The van der Waals surface area contributed by atoms with Crippen molar-refractivity contribution < 1.29 is 5.11 Å². The maximum atomic E-state index is 10.4. The lowest BCUT2D eigenvalue weighted by Gasteiger charge is -2.34. The Balaban J connectivity index is 1.91. The molecule has 1 aliphatic carbocycles. The SMILES string of the molecule is Cc1ccncc1C(O)C1Cc2ccccc21. The van der Waals surface area contributed by atoms with Gasteiger partial charge >= 0.3 is 0 Å². The van der Waals surface area contributed by atoms with Gasteiger partial charge in [-0.2, -0.15) is 0 Å². The van der Waals surface area contributed by atoms with Gasteiger partial charge in [0.2, 0.25) is 0 Å². The van der Waals surface area contributed by atoms with Crippen LogP contribution in [0.15, 0.2) is 42.7 Å². The molecule has 1 N–H and O–H groups in total. The molecule has 1 heterocycles. The Hall–Kier alpha value is -1.67. The summed E-state index contributed by atoms with van der Waals surface area (Å²) in [5.41, 5.74) is 4.70. The Bertz CT molecular complexity index is 550. The molecule has 1 aliphatic rings. The number of fused-ring (bicyclic) bond motifs is 1. The molecule has 1 aromatic carbocycles.